The predicted molar refractivity (Wildman–Crippen MR) is 69.6 cm³/mol. The fraction of sp³-hybridized carbons (Fsp3) is 0.250. The summed E-state index contributed by atoms with van der Waals surface area (Å²) in [5.41, 5.74) is 7.79. The van der Waals surface area contributed by atoms with E-state index in [9.17, 15) is 0 Å². The zero-order valence-corrected chi connectivity index (χ0v) is 10.4. The molecule has 0 bridgehead atoms. The Bertz CT molecular complexity index is 478. The van der Waals surface area contributed by atoms with Gasteiger partial charge in [0.25, 0.3) is 0 Å². The van der Waals surface area contributed by atoms with Crippen molar-refractivity contribution >= 4 is 17.4 Å². The van der Waals surface area contributed by atoms with Crippen LogP contribution in [0.1, 0.15) is 11.3 Å². The number of nitrogens with one attached hydrogen (secondary N) is 1. The number of anilines is 1. The van der Waals surface area contributed by atoms with Crippen LogP contribution in [0, 0.1) is 0 Å². The van der Waals surface area contributed by atoms with Crippen LogP contribution < -0.4 is 5.73 Å². The first-order chi connectivity index (χ1) is 8.13. The highest BCUT2D eigenvalue weighted by Gasteiger charge is 2.04. The third-order valence-electron chi connectivity index (χ3n) is 2.46. The molecule has 2 aromatic rings. The van der Waals surface area contributed by atoms with Gasteiger partial charge in [0, 0.05) is 24.2 Å². The maximum Gasteiger partial charge on any atom is 0.145 e. The van der Waals surface area contributed by atoms with E-state index in [0.29, 0.717) is 5.82 Å². The van der Waals surface area contributed by atoms with Crippen LogP contribution in [-0.4, -0.2) is 22.1 Å². The van der Waals surface area contributed by atoms with Crippen molar-refractivity contribution in [3.8, 4) is 0 Å². The van der Waals surface area contributed by atoms with Crippen LogP contribution in [0.3, 0.4) is 0 Å². The summed E-state index contributed by atoms with van der Waals surface area (Å²) < 4.78 is 0. The Morgan fingerprint density at radius 2 is 2.00 bits per heavy atom. The Morgan fingerprint density at radius 1 is 1.29 bits per heavy atom. The topological polar surface area (TPSA) is 57.9 Å². The van der Waals surface area contributed by atoms with Gasteiger partial charge < -0.3 is 5.73 Å². The molecule has 0 atom stereocenters. The fourth-order valence-electron chi connectivity index (χ4n) is 1.71. The van der Waals surface area contributed by atoms with Gasteiger partial charge in [-0.3, -0.25) is 10.00 Å². The van der Waals surface area contributed by atoms with Gasteiger partial charge in [-0.05, 0) is 24.7 Å². The van der Waals surface area contributed by atoms with Gasteiger partial charge >= 0.3 is 0 Å². The normalized spacial score (nSPS) is 11.0. The lowest BCUT2D eigenvalue weighted by Gasteiger charge is -2.15. The third kappa shape index (κ3) is 3.47. The van der Waals surface area contributed by atoms with E-state index in [1.807, 2.05) is 37.4 Å². The Labute approximate surface area is 105 Å². The maximum atomic E-state index is 5.84. The van der Waals surface area contributed by atoms with Crippen molar-refractivity contribution < 1.29 is 0 Å². The van der Waals surface area contributed by atoms with Gasteiger partial charge in [0.05, 0.1) is 5.69 Å². The van der Waals surface area contributed by atoms with Crippen molar-refractivity contribution in [2.45, 2.75) is 13.1 Å². The Balaban J connectivity index is 1.93. The number of nitrogens with two attached hydrogens (primary N) is 1. The highest BCUT2D eigenvalue weighted by atomic mass is 35.5. The first-order valence-corrected chi connectivity index (χ1v) is 5.74. The van der Waals surface area contributed by atoms with Crippen LogP contribution in [0.4, 0.5) is 5.82 Å². The molecule has 5 heteroatoms. The Hall–Kier alpha value is -1.52. The molecular formula is C12H15ClN4. The zero-order chi connectivity index (χ0) is 12.3. The molecule has 0 amide bonds. The molecule has 0 aliphatic heterocycles. The molecule has 4 nitrogen and oxygen atoms in total. The standard InChI is InChI=1S/C12H15ClN4/c1-17(8-11-6-12(14)16-15-11)7-9-2-4-10(13)5-3-9/h2-6H,7-8H2,1H3,(H3,14,15,16). The monoisotopic (exact) mass is 250 g/mol. The molecule has 90 valence electrons. The number of nitrogen functional groups attached to an aromatic ring is 1. The lowest BCUT2D eigenvalue weighted by atomic mass is 10.2. The SMILES string of the molecule is CN(Cc1ccc(Cl)cc1)Cc1cc(N)n[nH]1. The van der Waals surface area contributed by atoms with Gasteiger partial charge in [0.15, 0.2) is 0 Å². The molecular weight excluding hydrogens is 236 g/mol. The number of hydrogen-bond donors (Lipinski definition) is 2. The van der Waals surface area contributed by atoms with E-state index in [4.69, 9.17) is 17.3 Å². The highest BCUT2D eigenvalue weighted by molar-refractivity contribution is 6.30. The molecule has 1 aromatic carbocycles. The van der Waals surface area contributed by atoms with Crippen LogP contribution in [0.5, 0.6) is 0 Å². The lowest BCUT2D eigenvalue weighted by Crippen LogP contribution is -2.17. The van der Waals surface area contributed by atoms with E-state index >= 15 is 0 Å². The number of nitrogens with zero attached hydrogens (tertiary/aromatic N) is 2. The predicted octanol–water partition coefficient (Wildman–Crippen LogP) is 2.28. The number of H-pyrrole nitrogens is 1. The number of rotatable bonds is 4. The molecule has 0 aliphatic carbocycles. The average molecular weight is 251 g/mol. The molecule has 2 rings (SSSR count). The van der Waals surface area contributed by atoms with E-state index in [1.165, 1.54) is 5.56 Å². The second-order valence-electron chi connectivity index (χ2n) is 4.12. The first kappa shape index (κ1) is 12.0. The van der Waals surface area contributed by atoms with Crippen LogP contribution >= 0.6 is 11.6 Å². The van der Waals surface area contributed by atoms with Crippen molar-refractivity contribution in [1.82, 2.24) is 15.1 Å². The smallest absolute Gasteiger partial charge is 0.145 e. The molecule has 1 heterocycles. The Morgan fingerprint density at radius 3 is 2.59 bits per heavy atom. The summed E-state index contributed by atoms with van der Waals surface area (Å²) in [5, 5.41) is 7.55. The summed E-state index contributed by atoms with van der Waals surface area (Å²) in [4.78, 5) is 2.18. The van der Waals surface area contributed by atoms with Crippen LogP contribution in [-0.2, 0) is 13.1 Å². The zero-order valence-electron chi connectivity index (χ0n) is 9.65. The van der Waals surface area contributed by atoms with Gasteiger partial charge in [0.2, 0.25) is 0 Å². The third-order valence-corrected chi connectivity index (χ3v) is 2.71. The van der Waals surface area contributed by atoms with Gasteiger partial charge in [0.1, 0.15) is 5.82 Å². The molecule has 0 spiro atoms. The minimum absolute atomic E-state index is 0.528. The van der Waals surface area contributed by atoms with Crippen LogP contribution in [0.2, 0.25) is 5.02 Å². The van der Waals surface area contributed by atoms with Gasteiger partial charge in [-0.15, -0.1) is 0 Å². The minimum atomic E-state index is 0.528. The van der Waals surface area contributed by atoms with E-state index in [-0.39, 0.29) is 0 Å². The maximum absolute atomic E-state index is 5.84. The molecule has 3 N–H and O–H groups in total. The highest BCUT2D eigenvalue weighted by Crippen LogP contribution is 2.12. The number of aromatic nitrogens is 2. The molecule has 0 saturated heterocycles. The van der Waals surface area contributed by atoms with Crippen LogP contribution in [0.15, 0.2) is 30.3 Å². The number of aromatic amines is 1. The number of halogens is 1. The molecule has 0 saturated carbocycles. The molecule has 0 aliphatic rings. The summed E-state index contributed by atoms with van der Waals surface area (Å²) in [6, 6.07) is 9.70. The minimum Gasteiger partial charge on any atom is -0.382 e. The summed E-state index contributed by atoms with van der Waals surface area (Å²) in [6.07, 6.45) is 0. The summed E-state index contributed by atoms with van der Waals surface area (Å²) in [6.45, 7) is 1.64. The van der Waals surface area contributed by atoms with Crippen molar-refractivity contribution in [2.24, 2.45) is 0 Å². The Kier molecular flexibility index (Phi) is 3.66. The van der Waals surface area contributed by atoms with Gasteiger partial charge in [-0.2, -0.15) is 5.10 Å². The molecule has 17 heavy (non-hydrogen) atoms. The first-order valence-electron chi connectivity index (χ1n) is 5.36. The molecule has 0 radical (unpaired) electrons. The van der Waals surface area contributed by atoms with E-state index in [2.05, 4.69) is 15.1 Å². The lowest BCUT2D eigenvalue weighted by molar-refractivity contribution is 0.315. The van der Waals surface area contributed by atoms with E-state index in [1.54, 1.807) is 0 Å². The second kappa shape index (κ2) is 5.21. The summed E-state index contributed by atoms with van der Waals surface area (Å²) in [5.74, 6) is 0.528. The van der Waals surface area contributed by atoms with Crippen molar-refractivity contribution in [3.63, 3.8) is 0 Å². The molecule has 1 aromatic heterocycles. The van der Waals surface area contributed by atoms with Crippen molar-refractivity contribution in [3.05, 3.63) is 46.6 Å². The molecule has 0 fully saturated rings. The summed E-state index contributed by atoms with van der Waals surface area (Å²) in [7, 11) is 2.05. The molecule has 0 unspecified atom stereocenters. The van der Waals surface area contributed by atoms with Crippen molar-refractivity contribution in [1.29, 1.82) is 0 Å². The van der Waals surface area contributed by atoms with E-state index < -0.39 is 0 Å². The largest absolute Gasteiger partial charge is 0.382 e. The van der Waals surface area contributed by atoms with E-state index in [0.717, 1.165) is 23.8 Å². The summed E-state index contributed by atoms with van der Waals surface area (Å²) >= 11 is 5.84. The van der Waals surface area contributed by atoms with Gasteiger partial charge in [-0.1, -0.05) is 23.7 Å². The van der Waals surface area contributed by atoms with Gasteiger partial charge in [-0.25, -0.2) is 0 Å². The average Bonchev–Trinajstić information content (AvgIpc) is 2.67. The fourth-order valence-corrected chi connectivity index (χ4v) is 1.83. The van der Waals surface area contributed by atoms with Crippen LogP contribution in [0.25, 0.3) is 0 Å². The number of hydrogen-bond acceptors (Lipinski definition) is 3. The van der Waals surface area contributed by atoms with Crippen molar-refractivity contribution in [2.75, 3.05) is 12.8 Å². The quantitative estimate of drug-likeness (QED) is 0.875. The second-order valence-corrected chi connectivity index (χ2v) is 4.55. The number of benzene rings is 1.